The first-order chi connectivity index (χ1) is 9.65. The zero-order valence-corrected chi connectivity index (χ0v) is 13.2. The second-order valence-electron chi connectivity index (χ2n) is 5.02. The lowest BCUT2D eigenvalue weighted by molar-refractivity contribution is 0.258. The Bertz CT molecular complexity index is 390. The third-order valence-corrected chi connectivity index (χ3v) is 3.37. The summed E-state index contributed by atoms with van der Waals surface area (Å²) < 4.78 is 10.6. The third-order valence-electron chi connectivity index (χ3n) is 3.37. The van der Waals surface area contributed by atoms with E-state index in [-0.39, 0.29) is 6.04 Å². The number of nitrogens with two attached hydrogens (primary N) is 1. The summed E-state index contributed by atoms with van der Waals surface area (Å²) in [4.78, 5) is 2.42. The van der Waals surface area contributed by atoms with Crippen molar-refractivity contribution in [3.63, 3.8) is 0 Å². The number of benzene rings is 1. The van der Waals surface area contributed by atoms with Crippen molar-refractivity contribution in [3.05, 3.63) is 23.8 Å². The Balaban J connectivity index is 2.77. The van der Waals surface area contributed by atoms with Gasteiger partial charge in [-0.25, -0.2) is 0 Å². The molecule has 0 saturated carbocycles. The molecule has 1 aromatic rings. The van der Waals surface area contributed by atoms with Crippen LogP contribution in [-0.2, 0) is 0 Å². The maximum atomic E-state index is 6.33. The van der Waals surface area contributed by atoms with Gasteiger partial charge in [-0.15, -0.1) is 0 Å². The highest BCUT2D eigenvalue weighted by Crippen LogP contribution is 2.29. The fourth-order valence-corrected chi connectivity index (χ4v) is 2.39. The molecule has 0 heterocycles. The van der Waals surface area contributed by atoms with Gasteiger partial charge in [0, 0.05) is 12.6 Å². The van der Waals surface area contributed by atoms with Gasteiger partial charge in [-0.05, 0) is 43.6 Å². The molecule has 0 aliphatic heterocycles. The van der Waals surface area contributed by atoms with Crippen LogP contribution < -0.4 is 15.2 Å². The third kappa shape index (κ3) is 4.69. The summed E-state index contributed by atoms with van der Waals surface area (Å²) in [7, 11) is 3.29. The smallest absolute Gasteiger partial charge is 0.161 e. The fourth-order valence-electron chi connectivity index (χ4n) is 2.39. The molecular formula is C16H28N2O2. The largest absolute Gasteiger partial charge is 0.493 e. The van der Waals surface area contributed by atoms with E-state index in [2.05, 4.69) is 18.7 Å². The van der Waals surface area contributed by atoms with Crippen molar-refractivity contribution in [3.8, 4) is 11.5 Å². The van der Waals surface area contributed by atoms with E-state index in [1.807, 2.05) is 18.2 Å². The molecule has 0 radical (unpaired) electrons. The van der Waals surface area contributed by atoms with Crippen molar-refractivity contribution in [1.29, 1.82) is 0 Å². The molecule has 0 aromatic heterocycles. The molecule has 2 N–H and O–H groups in total. The minimum absolute atomic E-state index is 0.00657. The highest BCUT2D eigenvalue weighted by Gasteiger charge is 2.14. The van der Waals surface area contributed by atoms with E-state index in [1.165, 1.54) is 0 Å². The summed E-state index contributed by atoms with van der Waals surface area (Å²) >= 11 is 0. The minimum Gasteiger partial charge on any atom is -0.493 e. The zero-order chi connectivity index (χ0) is 15.0. The fraction of sp³-hybridized carbons (Fsp3) is 0.625. The summed E-state index contributed by atoms with van der Waals surface area (Å²) in [5, 5.41) is 0. The average molecular weight is 280 g/mol. The summed E-state index contributed by atoms with van der Waals surface area (Å²) in [6.07, 6.45) is 2.30. The molecule has 4 nitrogen and oxygen atoms in total. The van der Waals surface area contributed by atoms with E-state index in [0.717, 1.165) is 49.5 Å². The molecule has 0 amide bonds. The first kappa shape index (κ1) is 16.8. The van der Waals surface area contributed by atoms with Crippen molar-refractivity contribution < 1.29 is 9.47 Å². The van der Waals surface area contributed by atoms with E-state index in [1.54, 1.807) is 14.2 Å². The van der Waals surface area contributed by atoms with Crippen LogP contribution in [0.2, 0.25) is 0 Å². The van der Waals surface area contributed by atoms with Gasteiger partial charge in [0.15, 0.2) is 11.5 Å². The second-order valence-corrected chi connectivity index (χ2v) is 5.02. The second kappa shape index (κ2) is 8.82. The number of hydrogen-bond donors (Lipinski definition) is 1. The lowest BCUT2D eigenvalue weighted by atomic mass is 10.1. The monoisotopic (exact) mass is 280 g/mol. The van der Waals surface area contributed by atoms with Crippen molar-refractivity contribution in [2.24, 2.45) is 5.73 Å². The SMILES string of the molecule is CCCN(CCC)CC(N)c1ccc(OC)c(OC)c1. The standard InChI is InChI=1S/C16H28N2O2/c1-5-9-18(10-6-2)12-14(17)13-7-8-15(19-3)16(11-13)20-4/h7-8,11,14H,5-6,9-10,12,17H2,1-4H3. The van der Waals surface area contributed by atoms with Crippen LogP contribution in [0.25, 0.3) is 0 Å². The summed E-state index contributed by atoms with van der Waals surface area (Å²) in [6.45, 7) is 7.45. The molecule has 1 aromatic carbocycles. The number of nitrogens with zero attached hydrogens (tertiary/aromatic N) is 1. The van der Waals surface area contributed by atoms with E-state index in [9.17, 15) is 0 Å². The van der Waals surface area contributed by atoms with Crippen LogP contribution in [0.15, 0.2) is 18.2 Å². The first-order valence-corrected chi connectivity index (χ1v) is 7.36. The highest BCUT2D eigenvalue weighted by atomic mass is 16.5. The van der Waals surface area contributed by atoms with Crippen LogP contribution >= 0.6 is 0 Å². The van der Waals surface area contributed by atoms with Crippen LogP contribution in [0, 0.1) is 0 Å². The minimum atomic E-state index is -0.00657. The Kier molecular flexibility index (Phi) is 7.41. The summed E-state index contributed by atoms with van der Waals surface area (Å²) in [5.41, 5.74) is 7.42. The molecule has 1 atom stereocenters. The van der Waals surface area contributed by atoms with Gasteiger partial charge in [0.05, 0.1) is 14.2 Å². The predicted octanol–water partition coefficient (Wildman–Crippen LogP) is 2.83. The molecule has 0 fully saturated rings. The zero-order valence-electron chi connectivity index (χ0n) is 13.2. The van der Waals surface area contributed by atoms with Crippen molar-refractivity contribution in [2.75, 3.05) is 33.9 Å². The maximum absolute atomic E-state index is 6.33. The number of rotatable bonds is 9. The summed E-state index contributed by atoms with van der Waals surface area (Å²) in [6, 6.07) is 5.90. The van der Waals surface area contributed by atoms with Gasteiger partial charge < -0.3 is 20.1 Å². The topological polar surface area (TPSA) is 47.7 Å². The quantitative estimate of drug-likeness (QED) is 0.755. The molecule has 4 heteroatoms. The predicted molar refractivity (Wildman–Crippen MR) is 83.5 cm³/mol. The van der Waals surface area contributed by atoms with Gasteiger partial charge in [0.2, 0.25) is 0 Å². The molecule has 1 unspecified atom stereocenters. The van der Waals surface area contributed by atoms with Gasteiger partial charge in [-0.1, -0.05) is 19.9 Å². The van der Waals surface area contributed by atoms with Crippen molar-refractivity contribution in [2.45, 2.75) is 32.7 Å². The van der Waals surface area contributed by atoms with Gasteiger partial charge in [0.1, 0.15) is 0 Å². The Morgan fingerprint density at radius 1 is 1.05 bits per heavy atom. The molecular weight excluding hydrogens is 252 g/mol. The maximum Gasteiger partial charge on any atom is 0.161 e. The van der Waals surface area contributed by atoms with Gasteiger partial charge in [-0.3, -0.25) is 0 Å². The Labute approximate surface area is 122 Å². The molecule has 1 rings (SSSR count). The van der Waals surface area contributed by atoms with Crippen molar-refractivity contribution in [1.82, 2.24) is 4.90 Å². The van der Waals surface area contributed by atoms with Crippen LogP contribution in [0.5, 0.6) is 11.5 Å². The molecule has 0 aliphatic rings. The summed E-state index contributed by atoms with van der Waals surface area (Å²) in [5.74, 6) is 1.47. The number of hydrogen-bond acceptors (Lipinski definition) is 4. The lowest BCUT2D eigenvalue weighted by Gasteiger charge is -2.25. The Morgan fingerprint density at radius 3 is 2.15 bits per heavy atom. The molecule has 0 saturated heterocycles. The molecule has 20 heavy (non-hydrogen) atoms. The molecule has 114 valence electrons. The lowest BCUT2D eigenvalue weighted by Crippen LogP contribution is -2.33. The number of ether oxygens (including phenoxy) is 2. The van der Waals surface area contributed by atoms with Crippen LogP contribution in [-0.4, -0.2) is 38.8 Å². The average Bonchev–Trinajstić information content (AvgIpc) is 2.46. The van der Waals surface area contributed by atoms with Gasteiger partial charge >= 0.3 is 0 Å². The van der Waals surface area contributed by atoms with E-state index in [4.69, 9.17) is 15.2 Å². The van der Waals surface area contributed by atoms with Crippen molar-refractivity contribution >= 4 is 0 Å². The van der Waals surface area contributed by atoms with Gasteiger partial charge in [0.25, 0.3) is 0 Å². The molecule has 0 bridgehead atoms. The van der Waals surface area contributed by atoms with Gasteiger partial charge in [-0.2, -0.15) is 0 Å². The first-order valence-electron chi connectivity index (χ1n) is 7.36. The Morgan fingerprint density at radius 2 is 1.65 bits per heavy atom. The Hall–Kier alpha value is -1.26. The molecule has 0 aliphatic carbocycles. The van der Waals surface area contributed by atoms with Crippen LogP contribution in [0.3, 0.4) is 0 Å². The normalized spacial score (nSPS) is 12.5. The highest BCUT2D eigenvalue weighted by molar-refractivity contribution is 5.43. The van der Waals surface area contributed by atoms with E-state index >= 15 is 0 Å². The van der Waals surface area contributed by atoms with E-state index < -0.39 is 0 Å². The van der Waals surface area contributed by atoms with Crippen LogP contribution in [0.1, 0.15) is 38.3 Å². The van der Waals surface area contributed by atoms with Crippen LogP contribution in [0.4, 0.5) is 0 Å². The van der Waals surface area contributed by atoms with E-state index in [0.29, 0.717) is 0 Å². The molecule has 0 spiro atoms. The number of methoxy groups -OCH3 is 2.